The van der Waals surface area contributed by atoms with Gasteiger partial charge in [0, 0.05) is 32.1 Å². The lowest BCUT2D eigenvalue weighted by Gasteiger charge is -2.45. The average molecular weight is 454 g/mol. The Kier molecular flexibility index (Phi) is 7.53. The number of benzene rings is 2. The molecule has 0 unspecified atom stereocenters. The van der Waals surface area contributed by atoms with Crippen LogP contribution >= 0.6 is 0 Å². The molecule has 7 nitrogen and oxygen atoms in total. The SMILES string of the molecule is CCOC(=O)[C@@H]1C(=O)C[C@@](O)(c2ccccc2)[C@@H](C(=O)OCC)[C@H]1c1ccc(N(C)C)cc1. The number of carbonyl (C=O) groups is 3. The van der Waals surface area contributed by atoms with Crippen molar-refractivity contribution in [3.8, 4) is 0 Å². The number of ketones is 1. The maximum Gasteiger partial charge on any atom is 0.317 e. The number of hydrogen-bond acceptors (Lipinski definition) is 7. The second-order valence-corrected chi connectivity index (χ2v) is 8.40. The topological polar surface area (TPSA) is 93.1 Å². The third-order valence-electron chi connectivity index (χ3n) is 6.17. The van der Waals surface area contributed by atoms with E-state index in [2.05, 4.69) is 0 Å². The average Bonchev–Trinajstić information content (AvgIpc) is 2.79. The number of nitrogens with zero attached hydrogens (tertiary/aromatic N) is 1. The first-order valence-corrected chi connectivity index (χ1v) is 11.2. The van der Waals surface area contributed by atoms with Crippen molar-refractivity contribution in [1.29, 1.82) is 0 Å². The molecule has 176 valence electrons. The molecule has 1 N–H and O–H groups in total. The Bertz CT molecular complexity index is 988. The molecule has 0 aromatic heterocycles. The van der Waals surface area contributed by atoms with Crippen LogP contribution < -0.4 is 4.90 Å². The molecule has 0 heterocycles. The van der Waals surface area contributed by atoms with Gasteiger partial charge in [0.2, 0.25) is 0 Å². The number of aliphatic hydroxyl groups is 1. The predicted molar refractivity (Wildman–Crippen MR) is 124 cm³/mol. The minimum Gasteiger partial charge on any atom is -0.466 e. The second-order valence-electron chi connectivity index (χ2n) is 8.40. The fraction of sp³-hybridized carbons (Fsp3) is 0.423. The summed E-state index contributed by atoms with van der Waals surface area (Å²) in [6.45, 7) is 3.54. The second kappa shape index (κ2) is 10.2. The molecule has 4 atom stereocenters. The Morgan fingerprint density at radius 3 is 2.09 bits per heavy atom. The Hall–Kier alpha value is -3.19. The van der Waals surface area contributed by atoms with Gasteiger partial charge in [-0.05, 0) is 37.1 Å². The summed E-state index contributed by atoms with van der Waals surface area (Å²) in [5.41, 5.74) is 0.0886. The largest absolute Gasteiger partial charge is 0.466 e. The molecule has 0 saturated heterocycles. The van der Waals surface area contributed by atoms with Crippen LogP contribution in [0.15, 0.2) is 54.6 Å². The lowest BCUT2D eigenvalue weighted by molar-refractivity contribution is -0.176. The summed E-state index contributed by atoms with van der Waals surface area (Å²) in [6, 6.07) is 15.9. The van der Waals surface area contributed by atoms with Crippen molar-refractivity contribution in [1.82, 2.24) is 0 Å². The van der Waals surface area contributed by atoms with E-state index in [0.717, 1.165) is 5.69 Å². The number of esters is 2. The van der Waals surface area contributed by atoms with Gasteiger partial charge < -0.3 is 19.5 Å². The Balaban J connectivity index is 2.23. The number of ether oxygens (including phenoxy) is 2. The first-order chi connectivity index (χ1) is 15.7. The molecular weight excluding hydrogens is 422 g/mol. The van der Waals surface area contributed by atoms with Crippen molar-refractivity contribution in [3.63, 3.8) is 0 Å². The van der Waals surface area contributed by atoms with E-state index in [1.54, 1.807) is 56.3 Å². The van der Waals surface area contributed by atoms with Crippen molar-refractivity contribution in [2.75, 3.05) is 32.2 Å². The number of hydrogen-bond donors (Lipinski definition) is 1. The van der Waals surface area contributed by atoms with E-state index < -0.39 is 47.5 Å². The van der Waals surface area contributed by atoms with Gasteiger partial charge in [-0.1, -0.05) is 42.5 Å². The summed E-state index contributed by atoms with van der Waals surface area (Å²) in [7, 11) is 3.80. The highest BCUT2D eigenvalue weighted by Crippen LogP contribution is 2.51. The Morgan fingerprint density at radius 2 is 1.55 bits per heavy atom. The van der Waals surface area contributed by atoms with Gasteiger partial charge in [0.25, 0.3) is 0 Å². The van der Waals surface area contributed by atoms with E-state index in [4.69, 9.17) is 9.47 Å². The number of anilines is 1. The van der Waals surface area contributed by atoms with Crippen LogP contribution in [0.25, 0.3) is 0 Å². The van der Waals surface area contributed by atoms with Crippen molar-refractivity contribution >= 4 is 23.4 Å². The first kappa shape index (κ1) is 24.5. The standard InChI is InChI=1S/C26H31NO6/c1-5-32-24(29)22-20(28)16-26(31,18-10-8-7-9-11-18)23(25(30)33-6-2)21(22)17-12-14-19(15-13-17)27(3)4/h7-15,21-23,31H,5-6,16H2,1-4H3/t21-,22+,23+,26+/m0/s1. The van der Waals surface area contributed by atoms with Crippen LogP contribution in [0.4, 0.5) is 5.69 Å². The quantitative estimate of drug-likeness (QED) is 0.509. The van der Waals surface area contributed by atoms with E-state index in [1.165, 1.54) is 0 Å². The smallest absolute Gasteiger partial charge is 0.317 e. The normalized spacial score (nSPS) is 24.8. The van der Waals surface area contributed by atoms with E-state index in [1.807, 2.05) is 31.1 Å². The summed E-state index contributed by atoms with van der Waals surface area (Å²) < 4.78 is 10.6. The summed E-state index contributed by atoms with van der Waals surface area (Å²) in [4.78, 5) is 41.6. The molecule has 2 aromatic rings. The van der Waals surface area contributed by atoms with Crippen molar-refractivity contribution in [2.45, 2.75) is 31.8 Å². The van der Waals surface area contributed by atoms with Crippen LogP contribution in [-0.4, -0.2) is 50.1 Å². The van der Waals surface area contributed by atoms with Crippen molar-refractivity contribution < 1.29 is 29.0 Å². The molecule has 1 fully saturated rings. The summed E-state index contributed by atoms with van der Waals surface area (Å²) >= 11 is 0. The van der Waals surface area contributed by atoms with Crippen LogP contribution in [0.5, 0.6) is 0 Å². The number of carbonyl (C=O) groups excluding carboxylic acids is 3. The molecule has 0 radical (unpaired) electrons. The molecule has 1 saturated carbocycles. The lowest BCUT2D eigenvalue weighted by atomic mass is 9.59. The third-order valence-corrected chi connectivity index (χ3v) is 6.17. The lowest BCUT2D eigenvalue weighted by Crippen LogP contribution is -2.55. The molecule has 33 heavy (non-hydrogen) atoms. The zero-order valence-corrected chi connectivity index (χ0v) is 19.5. The van der Waals surface area contributed by atoms with E-state index >= 15 is 0 Å². The molecule has 1 aliphatic rings. The van der Waals surface area contributed by atoms with Gasteiger partial charge >= 0.3 is 11.9 Å². The highest BCUT2D eigenvalue weighted by atomic mass is 16.5. The highest BCUT2D eigenvalue weighted by Gasteiger charge is 2.59. The van der Waals surface area contributed by atoms with E-state index in [0.29, 0.717) is 11.1 Å². The van der Waals surface area contributed by atoms with Gasteiger partial charge in [0.15, 0.2) is 5.78 Å². The van der Waals surface area contributed by atoms with Crippen LogP contribution in [0.3, 0.4) is 0 Å². The maximum atomic E-state index is 13.4. The van der Waals surface area contributed by atoms with Crippen LogP contribution in [-0.2, 0) is 29.5 Å². The molecule has 3 rings (SSSR count). The number of rotatable bonds is 7. The molecule has 7 heteroatoms. The Morgan fingerprint density at radius 1 is 0.970 bits per heavy atom. The molecule has 0 spiro atoms. The van der Waals surface area contributed by atoms with Gasteiger partial charge in [-0.25, -0.2) is 0 Å². The molecule has 0 bridgehead atoms. The van der Waals surface area contributed by atoms with Crippen molar-refractivity contribution in [3.05, 3.63) is 65.7 Å². The highest BCUT2D eigenvalue weighted by molar-refractivity contribution is 6.03. The molecule has 2 aromatic carbocycles. The number of Topliss-reactive ketones (excluding diaryl/α,β-unsaturated/α-hetero) is 1. The van der Waals surface area contributed by atoms with Crippen molar-refractivity contribution in [2.24, 2.45) is 11.8 Å². The molecule has 1 aliphatic carbocycles. The van der Waals surface area contributed by atoms with Gasteiger partial charge in [-0.15, -0.1) is 0 Å². The fourth-order valence-corrected chi connectivity index (χ4v) is 4.65. The zero-order chi connectivity index (χ0) is 24.2. The van der Waals surface area contributed by atoms with Gasteiger partial charge in [-0.2, -0.15) is 0 Å². The van der Waals surface area contributed by atoms with Gasteiger partial charge in [-0.3, -0.25) is 14.4 Å². The summed E-state index contributed by atoms with van der Waals surface area (Å²) in [6.07, 6.45) is -0.393. The Labute approximate surface area is 194 Å². The molecule has 0 amide bonds. The monoisotopic (exact) mass is 453 g/mol. The minimum atomic E-state index is -1.83. The van der Waals surface area contributed by atoms with Crippen LogP contribution in [0, 0.1) is 11.8 Å². The summed E-state index contributed by atoms with van der Waals surface area (Å²) in [5, 5.41) is 11.9. The predicted octanol–water partition coefficient (Wildman–Crippen LogP) is 3.06. The minimum absolute atomic E-state index is 0.0991. The van der Waals surface area contributed by atoms with Gasteiger partial charge in [0.1, 0.15) is 11.5 Å². The third kappa shape index (κ3) is 4.78. The molecular formula is C26H31NO6. The van der Waals surface area contributed by atoms with Crippen LogP contribution in [0.1, 0.15) is 37.3 Å². The first-order valence-electron chi connectivity index (χ1n) is 11.2. The van der Waals surface area contributed by atoms with Crippen LogP contribution in [0.2, 0.25) is 0 Å². The summed E-state index contributed by atoms with van der Waals surface area (Å²) in [5.74, 6) is -5.19. The molecule has 0 aliphatic heterocycles. The van der Waals surface area contributed by atoms with E-state index in [-0.39, 0.29) is 13.2 Å². The van der Waals surface area contributed by atoms with E-state index in [9.17, 15) is 19.5 Å². The fourth-order valence-electron chi connectivity index (χ4n) is 4.65. The maximum absolute atomic E-state index is 13.4. The van der Waals surface area contributed by atoms with Gasteiger partial charge in [0.05, 0.1) is 19.1 Å². The zero-order valence-electron chi connectivity index (χ0n) is 19.5.